The molecule has 41 heavy (non-hydrogen) atoms. The molecule has 0 saturated carbocycles. The Labute approximate surface area is 246 Å². The van der Waals surface area contributed by atoms with Gasteiger partial charge in [0.1, 0.15) is 11.6 Å². The van der Waals surface area contributed by atoms with Crippen molar-refractivity contribution >= 4 is 45.5 Å². The molecule has 1 fully saturated rings. The fourth-order valence-electron chi connectivity index (χ4n) is 4.48. The summed E-state index contributed by atoms with van der Waals surface area (Å²) in [6, 6.07) is 24.2. The third-order valence-electron chi connectivity index (χ3n) is 6.69. The van der Waals surface area contributed by atoms with Gasteiger partial charge < -0.3 is 10.2 Å². The fraction of sp³-hybridized carbons (Fsp3) is 0.161. The summed E-state index contributed by atoms with van der Waals surface area (Å²) in [4.78, 5) is 35.0. The number of aromatic nitrogens is 1. The first-order chi connectivity index (χ1) is 19.9. The van der Waals surface area contributed by atoms with Crippen LogP contribution in [0, 0.1) is 5.82 Å². The molecule has 2 N–H and O–H groups in total. The Morgan fingerprint density at radius 1 is 0.927 bits per heavy atom. The van der Waals surface area contributed by atoms with Crippen LogP contribution in [-0.4, -0.2) is 54.1 Å². The lowest BCUT2D eigenvalue weighted by atomic mass is 10.1. The van der Waals surface area contributed by atoms with Crippen LogP contribution in [0.4, 0.5) is 15.9 Å². The van der Waals surface area contributed by atoms with Gasteiger partial charge in [0.25, 0.3) is 11.8 Å². The zero-order chi connectivity index (χ0) is 28.6. The van der Waals surface area contributed by atoms with Crippen molar-refractivity contribution in [1.29, 1.82) is 0 Å². The first kappa shape index (κ1) is 28.1. The van der Waals surface area contributed by atoms with Crippen LogP contribution in [0.2, 0.25) is 0 Å². The Morgan fingerprint density at radius 3 is 2.39 bits per heavy atom. The predicted molar refractivity (Wildman–Crippen MR) is 162 cm³/mol. The van der Waals surface area contributed by atoms with Crippen LogP contribution in [-0.2, 0) is 6.54 Å². The molecule has 0 spiro atoms. The zero-order valence-corrected chi connectivity index (χ0v) is 23.7. The van der Waals surface area contributed by atoms with E-state index in [1.165, 1.54) is 18.3 Å². The standard InChI is InChI=1S/C31H28BrFN6O2/c32-25-10-13-28(27(19-25)31(41)37-35-20-22-6-11-26(33)12-7-22)36-30(40)24-8-4-23(5-9-24)21-38-15-17-39(18-16-38)29-3-1-2-14-34-29/h1-14,19-20H,15-18,21H2,(H,36,40)(H,37,41)/b35-20+. The molecular formula is C31H28BrFN6O2. The molecule has 0 atom stereocenters. The highest BCUT2D eigenvalue weighted by atomic mass is 79.9. The van der Waals surface area contributed by atoms with E-state index in [2.05, 4.69) is 46.6 Å². The van der Waals surface area contributed by atoms with Crippen LogP contribution in [0.5, 0.6) is 0 Å². The van der Waals surface area contributed by atoms with Gasteiger partial charge in [-0.15, -0.1) is 0 Å². The third kappa shape index (κ3) is 7.62. The summed E-state index contributed by atoms with van der Waals surface area (Å²) in [5.41, 5.74) is 5.28. The number of amides is 2. The minimum Gasteiger partial charge on any atom is -0.354 e. The summed E-state index contributed by atoms with van der Waals surface area (Å²) >= 11 is 3.37. The Morgan fingerprint density at radius 2 is 1.68 bits per heavy atom. The topological polar surface area (TPSA) is 89.9 Å². The smallest absolute Gasteiger partial charge is 0.273 e. The van der Waals surface area contributed by atoms with Gasteiger partial charge in [0, 0.05) is 49.0 Å². The maximum Gasteiger partial charge on any atom is 0.273 e. The second kappa shape index (κ2) is 13.3. The number of nitrogens with zero attached hydrogens (tertiary/aromatic N) is 4. The summed E-state index contributed by atoms with van der Waals surface area (Å²) in [6.07, 6.45) is 3.23. The number of anilines is 2. The van der Waals surface area contributed by atoms with Crippen molar-refractivity contribution in [3.8, 4) is 0 Å². The summed E-state index contributed by atoms with van der Waals surface area (Å²) in [5, 5.41) is 6.78. The Balaban J connectivity index is 1.17. The lowest BCUT2D eigenvalue weighted by Gasteiger charge is -2.35. The second-order valence-electron chi connectivity index (χ2n) is 9.54. The normalized spacial score (nSPS) is 13.8. The number of carbonyl (C=O) groups is 2. The van der Waals surface area contributed by atoms with Gasteiger partial charge in [-0.2, -0.15) is 5.10 Å². The number of hydrazone groups is 1. The minimum atomic E-state index is -0.501. The van der Waals surface area contributed by atoms with E-state index >= 15 is 0 Å². The first-order valence-electron chi connectivity index (χ1n) is 13.1. The summed E-state index contributed by atoms with van der Waals surface area (Å²) in [6.45, 7) is 4.49. The minimum absolute atomic E-state index is 0.241. The van der Waals surface area contributed by atoms with Crippen LogP contribution in [0.1, 0.15) is 31.8 Å². The molecule has 4 aromatic rings. The number of benzene rings is 3. The van der Waals surface area contributed by atoms with Crippen molar-refractivity contribution < 1.29 is 14.0 Å². The Bertz CT molecular complexity index is 1520. The largest absolute Gasteiger partial charge is 0.354 e. The lowest BCUT2D eigenvalue weighted by Crippen LogP contribution is -2.46. The van der Waals surface area contributed by atoms with Gasteiger partial charge in [-0.1, -0.05) is 46.3 Å². The molecule has 1 aliphatic heterocycles. The van der Waals surface area contributed by atoms with E-state index in [1.807, 2.05) is 36.5 Å². The van der Waals surface area contributed by atoms with Crippen molar-refractivity contribution in [3.63, 3.8) is 0 Å². The highest BCUT2D eigenvalue weighted by Gasteiger charge is 2.19. The van der Waals surface area contributed by atoms with E-state index in [4.69, 9.17) is 0 Å². The molecule has 3 aromatic carbocycles. The quantitative estimate of drug-likeness (QED) is 0.207. The van der Waals surface area contributed by atoms with Crippen LogP contribution in [0.25, 0.3) is 0 Å². The van der Waals surface area contributed by atoms with E-state index in [-0.39, 0.29) is 17.3 Å². The number of carbonyl (C=O) groups excluding carboxylic acids is 2. The molecule has 10 heteroatoms. The van der Waals surface area contributed by atoms with Gasteiger partial charge in [0.15, 0.2) is 0 Å². The maximum atomic E-state index is 13.1. The highest BCUT2D eigenvalue weighted by molar-refractivity contribution is 9.10. The monoisotopic (exact) mass is 614 g/mol. The maximum absolute atomic E-state index is 13.1. The first-order valence-corrected chi connectivity index (χ1v) is 13.9. The Hall–Kier alpha value is -4.41. The van der Waals surface area contributed by atoms with Crippen LogP contribution >= 0.6 is 15.9 Å². The molecule has 0 aliphatic carbocycles. The third-order valence-corrected chi connectivity index (χ3v) is 7.19. The van der Waals surface area contributed by atoms with E-state index in [0.717, 1.165) is 44.1 Å². The molecule has 8 nitrogen and oxygen atoms in total. The number of hydrogen-bond acceptors (Lipinski definition) is 6. The van der Waals surface area contributed by atoms with E-state index in [0.29, 0.717) is 21.3 Å². The van der Waals surface area contributed by atoms with E-state index < -0.39 is 5.91 Å². The van der Waals surface area contributed by atoms with Crippen molar-refractivity contribution in [1.82, 2.24) is 15.3 Å². The van der Waals surface area contributed by atoms with E-state index in [9.17, 15) is 14.0 Å². The molecule has 5 rings (SSSR count). The molecular weight excluding hydrogens is 587 g/mol. The zero-order valence-electron chi connectivity index (χ0n) is 22.1. The summed E-state index contributed by atoms with van der Waals surface area (Å²) in [7, 11) is 0. The van der Waals surface area contributed by atoms with Gasteiger partial charge >= 0.3 is 0 Å². The lowest BCUT2D eigenvalue weighted by molar-refractivity contribution is 0.0956. The van der Waals surface area contributed by atoms with Crippen molar-refractivity contribution in [2.24, 2.45) is 5.10 Å². The molecule has 2 amide bonds. The van der Waals surface area contributed by atoms with Crippen LogP contribution < -0.4 is 15.6 Å². The SMILES string of the molecule is O=C(Nc1ccc(Br)cc1C(=O)N/N=C/c1ccc(F)cc1)c1ccc(CN2CCN(c3ccccn3)CC2)cc1. The Kier molecular flexibility index (Phi) is 9.12. The molecule has 0 unspecified atom stereocenters. The average molecular weight is 616 g/mol. The van der Waals surface area contributed by atoms with Crippen LogP contribution in [0.15, 0.2) is 101 Å². The summed E-state index contributed by atoms with van der Waals surface area (Å²) in [5.74, 6) is -0.178. The summed E-state index contributed by atoms with van der Waals surface area (Å²) < 4.78 is 13.8. The molecule has 1 aromatic heterocycles. The van der Waals surface area contributed by atoms with Gasteiger partial charge in [0.05, 0.1) is 17.5 Å². The predicted octanol–water partition coefficient (Wildman–Crippen LogP) is 5.32. The van der Waals surface area contributed by atoms with E-state index in [1.54, 1.807) is 42.5 Å². The molecule has 1 saturated heterocycles. The molecule has 0 bridgehead atoms. The van der Waals surface area contributed by atoms with Gasteiger partial charge in [0.2, 0.25) is 0 Å². The van der Waals surface area contributed by atoms with Crippen molar-refractivity contribution in [2.75, 3.05) is 36.4 Å². The number of hydrogen-bond donors (Lipinski definition) is 2. The molecule has 0 radical (unpaired) electrons. The second-order valence-corrected chi connectivity index (χ2v) is 10.5. The van der Waals surface area contributed by atoms with Crippen molar-refractivity contribution in [3.05, 3.63) is 124 Å². The number of pyridine rings is 1. The number of nitrogens with one attached hydrogen (secondary N) is 2. The van der Waals surface area contributed by atoms with Crippen molar-refractivity contribution in [2.45, 2.75) is 6.54 Å². The molecule has 208 valence electrons. The molecule has 1 aliphatic rings. The fourth-order valence-corrected chi connectivity index (χ4v) is 4.84. The van der Waals surface area contributed by atoms with Gasteiger partial charge in [-0.05, 0) is 65.7 Å². The molecule has 2 heterocycles. The van der Waals surface area contributed by atoms with Gasteiger partial charge in [-0.25, -0.2) is 14.8 Å². The highest BCUT2D eigenvalue weighted by Crippen LogP contribution is 2.22. The number of rotatable bonds is 8. The van der Waals surface area contributed by atoms with Crippen LogP contribution in [0.3, 0.4) is 0 Å². The number of halogens is 2. The number of piperazine rings is 1. The average Bonchev–Trinajstić information content (AvgIpc) is 3.00. The van der Waals surface area contributed by atoms with Gasteiger partial charge in [-0.3, -0.25) is 14.5 Å².